The van der Waals surface area contributed by atoms with E-state index in [9.17, 15) is 0 Å². The fraction of sp³-hybridized carbons (Fsp3) is 0.364. The lowest BCUT2D eigenvalue weighted by atomic mass is 10.3. The molecule has 2 aromatic rings. The van der Waals surface area contributed by atoms with Gasteiger partial charge >= 0.3 is 0 Å². The number of hydrogen-bond donors (Lipinski definition) is 1. The molecule has 0 aliphatic carbocycles. The van der Waals surface area contributed by atoms with Crippen molar-refractivity contribution in [2.45, 2.75) is 13.2 Å². The van der Waals surface area contributed by atoms with Gasteiger partial charge in [-0.1, -0.05) is 23.2 Å². The van der Waals surface area contributed by atoms with Gasteiger partial charge in [0, 0.05) is 20.2 Å². The second-order valence-electron chi connectivity index (χ2n) is 3.66. The van der Waals surface area contributed by atoms with E-state index in [1.165, 1.54) is 0 Å². The number of nitrogens with zero attached hydrogens (tertiary/aromatic N) is 2. The Morgan fingerprint density at radius 3 is 2.71 bits per heavy atom. The first-order valence-electron chi connectivity index (χ1n) is 5.20. The predicted molar refractivity (Wildman–Crippen MR) is 69.5 cm³/mol. The van der Waals surface area contributed by atoms with Crippen molar-refractivity contribution in [3.63, 3.8) is 0 Å². The molecule has 0 atom stereocenters. The summed E-state index contributed by atoms with van der Waals surface area (Å²) in [5, 5.41) is 1.02. The third kappa shape index (κ3) is 2.40. The number of halogens is 2. The first-order valence-corrected chi connectivity index (χ1v) is 5.96. The monoisotopic (exact) mass is 273 g/mol. The lowest BCUT2D eigenvalue weighted by Crippen LogP contribution is -2.13. The van der Waals surface area contributed by atoms with E-state index in [-0.39, 0.29) is 0 Å². The summed E-state index contributed by atoms with van der Waals surface area (Å²) in [7, 11) is 1.63. The Labute approximate surface area is 109 Å². The zero-order valence-corrected chi connectivity index (χ0v) is 10.9. The normalized spacial score (nSPS) is 11.3. The molecule has 0 aliphatic rings. The number of benzene rings is 1. The van der Waals surface area contributed by atoms with Crippen LogP contribution >= 0.6 is 23.2 Å². The van der Waals surface area contributed by atoms with Crippen LogP contribution < -0.4 is 5.73 Å². The Morgan fingerprint density at radius 2 is 2.06 bits per heavy atom. The fourth-order valence-corrected chi connectivity index (χ4v) is 2.10. The van der Waals surface area contributed by atoms with Gasteiger partial charge in [-0.05, 0) is 12.1 Å². The third-order valence-corrected chi connectivity index (χ3v) is 3.22. The van der Waals surface area contributed by atoms with E-state index >= 15 is 0 Å². The van der Waals surface area contributed by atoms with Gasteiger partial charge < -0.3 is 15.0 Å². The number of aromatic nitrogens is 2. The molecule has 6 heteroatoms. The van der Waals surface area contributed by atoms with Crippen LogP contribution in [0.4, 0.5) is 0 Å². The molecule has 0 saturated carbocycles. The summed E-state index contributed by atoms with van der Waals surface area (Å²) in [4.78, 5) is 4.46. The van der Waals surface area contributed by atoms with Crippen LogP contribution in [0.2, 0.25) is 10.0 Å². The lowest BCUT2D eigenvalue weighted by molar-refractivity contribution is 0.175. The van der Waals surface area contributed by atoms with Gasteiger partial charge in [0.15, 0.2) is 0 Å². The van der Waals surface area contributed by atoms with E-state index in [0.717, 1.165) is 16.9 Å². The maximum Gasteiger partial charge on any atom is 0.136 e. The average molecular weight is 274 g/mol. The quantitative estimate of drug-likeness (QED) is 0.931. The largest absolute Gasteiger partial charge is 0.377 e. The topological polar surface area (TPSA) is 53.1 Å². The summed E-state index contributed by atoms with van der Waals surface area (Å²) >= 11 is 12.0. The standard InChI is InChI=1S/C11H13Cl2N3O/c1-17-6-11-15-9-4-7(12)8(13)5-10(9)16(11)3-2-14/h4-5H,2-3,6,14H2,1H3. The highest BCUT2D eigenvalue weighted by Gasteiger charge is 2.12. The maximum atomic E-state index is 6.01. The molecule has 0 bridgehead atoms. The maximum absolute atomic E-state index is 6.01. The number of ether oxygens (including phenoxy) is 1. The average Bonchev–Trinajstić information content (AvgIpc) is 2.59. The van der Waals surface area contributed by atoms with Crippen molar-refractivity contribution in [1.29, 1.82) is 0 Å². The minimum atomic E-state index is 0.434. The molecule has 1 aromatic heterocycles. The molecule has 0 aliphatic heterocycles. The van der Waals surface area contributed by atoms with Crippen molar-refractivity contribution in [3.8, 4) is 0 Å². The molecule has 4 nitrogen and oxygen atoms in total. The summed E-state index contributed by atoms with van der Waals surface area (Å²) in [6.45, 7) is 1.64. The number of rotatable bonds is 4. The smallest absolute Gasteiger partial charge is 0.136 e. The molecule has 2 rings (SSSR count). The molecule has 2 N–H and O–H groups in total. The molecule has 1 heterocycles. The number of fused-ring (bicyclic) bond motifs is 1. The van der Waals surface area contributed by atoms with Gasteiger partial charge in [-0.3, -0.25) is 0 Å². The zero-order chi connectivity index (χ0) is 12.4. The van der Waals surface area contributed by atoms with Crippen LogP contribution in [0, 0.1) is 0 Å². The Balaban J connectivity index is 2.62. The van der Waals surface area contributed by atoms with E-state index < -0.39 is 0 Å². The number of imidazole rings is 1. The second kappa shape index (κ2) is 5.23. The molecule has 0 fully saturated rings. The predicted octanol–water partition coefficient (Wildman–Crippen LogP) is 2.45. The first-order chi connectivity index (χ1) is 8.17. The fourth-order valence-electron chi connectivity index (χ4n) is 1.79. The van der Waals surface area contributed by atoms with Crippen LogP contribution in [-0.2, 0) is 17.9 Å². The molecular weight excluding hydrogens is 261 g/mol. The molecule has 0 radical (unpaired) electrons. The van der Waals surface area contributed by atoms with Crippen LogP contribution in [0.1, 0.15) is 5.82 Å². The summed E-state index contributed by atoms with van der Waals surface area (Å²) < 4.78 is 7.12. The number of nitrogens with two attached hydrogens (primary N) is 1. The summed E-state index contributed by atoms with van der Waals surface area (Å²) in [5.74, 6) is 0.825. The van der Waals surface area contributed by atoms with E-state index in [0.29, 0.717) is 29.7 Å². The molecule has 92 valence electrons. The Morgan fingerprint density at radius 1 is 1.35 bits per heavy atom. The van der Waals surface area contributed by atoms with Crippen molar-refractivity contribution in [2.24, 2.45) is 5.73 Å². The Hall–Kier alpha value is -0.810. The summed E-state index contributed by atoms with van der Waals surface area (Å²) in [5.41, 5.74) is 7.33. The van der Waals surface area contributed by atoms with Crippen molar-refractivity contribution in [3.05, 3.63) is 28.0 Å². The number of methoxy groups -OCH3 is 1. The summed E-state index contributed by atoms with van der Waals surface area (Å²) in [6.07, 6.45) is 0. The molecule has 0 spiro atoms. The van der Waals surface area contributed by atoms with E-state index in [2.05, 4.69) is 4.98 Å². The van der Waals surface area contributed by atoms with E-state index in [1.807, 2.05) is 4.57 Å². The van der Waals surface area contributed by atoms with Gasteiger partial charge in [-0.15, -0.1) is 0 Å². The Kier molecular flexibility index (Phi) is 3.89. The van der Waals surface area contributed by atoms with Gasteiger partial charge in [0.25, 0.3) is 0 Å². The first kappa shape index (κ1) is 12.6. The third-order valence-electron chi connectivity index (χ3n) is 2.50. The highest BCUT2D eigenvalue weighted by atomic mass is 35.5. The van der Waals surface area contributed by atoms with Crippen LogP contribution in [-0.4, -0.2) is 23.2 Å². The highest BCUT2D eigenvalue weighted by molar-refractivity contribution is 6.42. The molecule has 0 saturated heterocycles. The van der Waals surface area contributed by atoms with E-state index in [1.54, 1.807) is 19.2 Å². The lowest BCUT2D eigenvalue weighted by Gasteiger charge is -2.06. The van der Waals surface area contributed by atoms with Crippen molar-refractivity contribution in [2.75, 3.05) is 13.7 Å². The van der Waals surface area contributed by atoms with Gasteiger partial charge in [0.2, 0.25) is 0 Å². The molecular formula is C11H13Cl2N3O. The van der Waals surface area contributed by atoms with E-state index in [4.69, 9.17) is 33.7 Å². The van der Waals surface area contributed by atoms with Crippen LogP contribution in [0.15, 0.2) is 12.1 Å². The van der Waals surface area contributed by atoms with Crippen LogP contribution in [0.25, 0.3) is 11.0 Å². The van der Waals surface area contributed by atoms with Crippen molar-refractivity contribution >= 4 is 34.2 Å². The molecule has 17 heavy (non-hydrogen) atoms. The zero-order valence-electron chi connectivity index (χ0n) is 9.41. The molecule has 0 amide bonds. The van der Waals surface area contributed by atoms with Crippen LogP contribution in [0.5, 0.6) is 0 Å². The Bertz CT molecular complexity index is 539. The van der Waals surface area contributed by atoms with Crippen molar-refractivity contribution < 1.29 is 4.74 Å². The summed E-state index contributed by atoms with van der Waals surface area (Å²) in [6, 6.07) is 3.56. The molecule has 1 aromatic carbocycles. The SMILES string of the molecule is COCc1nc2cc(Cl)c(Cl)cc2n1CCN. The van der Waals surface area contributed by atoms with Crippen molar-refractivity contribution in [1.82, 2.24) is 9.55 Å². The van der Waals surface area contributed by atoms with Crippen LogP contribution in [0.3, 0.4) is 0 Å². The minimum Gasteiger partial charge on any atom is -0.377 e. The second-order valence-corrected chi connectivity index (χ2v) is 4.47. The van der Waals surface area contributed by atoms with Gasteiger partial charge in [-0.2, -0.15) is 0 Å². The minimum absolute atomic E-state index is 0.434. The van der Waals surface area contributed by atoms with Gasteiger partial charge in [0.1, 0.15) is 12.4 Å². The van der Waals surface area contributed by atoms with Gasteiger partial charge in [0.05, 0.1) is 21.1 Å². The molecule has 0 unspecified atom stereocenters. The van der Waals surface area contributed by atoms with Gasteiger partial charge in [-0.25, -0.2) is 4.98 Å². The number of hydrogen-bond acceptors (Lipinski definition) is 3. The highest BCUT2D eigenvalue weighted by Crippen LogP contribution is 2.28.